The molecule has 0 fully saturated rings. The SMILES string of the molecule is CCCCCCCCCCCCC=CCCCC(=O)OCC(=O)c1ccccc1. The molecule has 0 radical (unpaired) electrons. The first-order valence-corrected chi connectivity index (χ1v) is 11.6. The number of esters is 1. The number of unbranched alkanes of at least 4 members (excludes halogenated alkanes) is 11. The van der Waals surface area contributed by atoms with Crippen LogP contribution in [0.3, 0.4) is 0 Å². The van der Waals surface area contributed by atoms with Crippen LogP contribution in [0.4, 0.5) is 0 Å². The average Bonchev–Trinajstić information content (AvgIpc) is 2.75. The molecule has 0 spiro atoms. The Balaban J connectivity index is 1.88. The molecule has 0 bridgehead atoms. The third-order valence-electron chi connectivity index (χ3n) is 5.10. The van der Waals surface area contributed by atoms with Gasteiger partial charge in [0.15, 0.2) is 12.4 Å². The van der Waals surface area contributed by atoms with E-state index in [1.807, 2.05) is 6.07 Å². The lowest BCUT2D eigenvalue weighted by molar-refractivity contribution is -0.142. The molecule has 0 aliphatic heterocycles. The number of ketones is 1. The number of benzene rings is 1. The summed E-state index contributed by atoms with van der Waals surface area (Å²) in [6.45, 7) is 2.09. The van der Waals surface area contributed by atoms with E-state index in [4.69, 9.17) is 4.74 Å². The highest BCUT2D eigenvalue weighted by molar-refractivity contribution is 5.97. The molecular weight excluding hydrogens is 360 g/mol. The van der Waals surface area contributed by atoms with Crippen LogP contribution in [0.1, 0.15) is 107 Å². The molecule has 162 valence electrons. The lowest BCUT2D eigenvalue weighted by Gasteiger charge is -2.03. The summed E-state index contributed by atoms with van der Waals surface area (Å²) in [4.78, 5) is 23.6. The molecule has 0 amide bonds. The van der Waals surface area contributed by atoms with Crippen LogP contribution in [0.15, 0.2) is 42.5 Å². The summed E-state index contributed by atoms with van der Waals surface area (Å²) in [5.74, 6) is -0.451. The summed E-state index contributed by atoms with van der Waals surface area (Å²) < 4.78 is 5.06. The average molecular weight is 401 g/mol. The Hall–Kier alpha value is -1.90. The van der Waals surface area contributed by atoms with Crippen molar-refractivity contribution in [1.29, 1.82) is 0 Å². The van der Waals surface area contributed by atoms with Gasteiger partial charge in [0.25, 0.3) is 0 Å². The maximum atomic E-state index is 11.9. The molecule has 0 unspecified atom stereocenters. The number of allylic oxidation sites excluding steroid dienone is 2. The van der Waals surface area contributed by atoms with Crippen LogP contribution in [-0.2, 0) is 9.53 Å². The van der Waals surface area contributed by atoms with Crippen LogP contribution in [0.5, 0.6) is 0 Å². The number of hydrogen-bond acceptors (Lipinski definition) is 3. The fraction of sp³-hybridized carbons (Fsp3) is 0.615. The summed E-state index contributed by atoms with van der Waals surface area (Å²) in [7, 11) is 0. The van der Waals surface area contributed by atoms with Gasteiger partial charge in [-0.25, -0.2) is 0 Å². The molecule has 0 aromatic heterocycles. The number of Topliss-reactive ketones (excluding diaryl/α,β-unsaturated/α-hetero) is 1. The van der Waals surface area contributed by atoms with Gasteiger partial charge < -0.3 is 4.74 Å². The Kier molecular flexibility index (Phi) is 15.7. The van der Waals surface area contributed by atoms with Gasteiger partial charge >= 0.3 is 5.97 Å². The summed E-state index contributed by atoms with van der Waals surface area (Å²) in [6, 6.07) is 8.92. The monoisotopic (exact) mass is 400 g/mol. The molecule has 1 rings (SSSR count). The third-order valence-corrected chi connectivity index (χ3v) is 5.10. The maximum Gasteiger partial charge on any atom is 0.306 e. The number of ether oxygens (including phenoxy) is 1. The first-order valence-electron chi connectivity index (χ1n) is 11.6. The lowest BCUT2D eigenvalue weighted by Crippen LogP contribution is -2.13. The minimum absolute atomic E-state index is 0.157. The largest absolute Gasteiger partial charge is 0.457 e. The van der Waals surface area contributed by atoms with Crippen LogP contribution >= 0.6 is 0 Å². The van der Waals surface area contributed by atoms with E-state index in [0.29, 0.717) is 12.0 Å². The van der Waals surface area contributed by atoms with E-state index in [0.717, 1.165) is 19.3 Å². The first kappa shape index (κ1) is 25.1. The molecule has 1 aromatic carbocycles. The van der Waals surface area contributed by atoms with Crippen molar-refractivity contribution in [2.24, 2.45) is 0 Å². The zero-order chi connectivity index (χ0) is 21.0. The minimum atomic E-state index is -0.294. The number of rotatable bonds is 18. The summed E-state index contributed by atoms with van der Waals surface area (Å²) in [5, 5.41) is 0. The van der Waals surface area contributed by atoms with Crippen molar-refractivity contribution < 1.29 is 14.3 Å². The second kappa shape index (κ2) is 18.1. The normalized spacial score (nSPS) is 11.1. The number of hydrogen-bond donors (Lipinski definition) is 0. The topological polar surface area (TPSA) is 43.4 Å². The van der Waals surface area contributed by atoms with Crippen LogP contribution in [0.25, 0.3) is 0 Å². The fourth-order valence-electron chi connectivity index (χ4n) is 3.28. The van der Waals surface area contributed by atoms with E-state index in [9.17, 15) is 9.59 Å². The fourth-order valence-corrected chi connectivity index (χ4v) is 3.28. The van der Waals surface area contributed by atoms with E-state index in [1.54, 1.807) is 24.3 Å². The molecule has 0 aliphatic rings. The Morgan fingerprint density at radius 2 is 1.31 bits per heavy atom. The Bertz CT molecular complexity index is 563. The van der Waals surface area contributed by atoms with E-state index in [2.05, 4.69) is 19.1 Å². The van der Waals surface area contributed by atoms with Crippen molar-refractivity contribution in [3.63, 3.8) is 0 Å². The summed E-state index contributed by atoms with van der Waals surface area (Å²) in [5.41, 5.74) is 0.579. The Morgan fingerprint density at radius 3 is 1.93 bits per heavy atom. The van der Waals surface area contributed by atoms with Crippen molar-refractivity contribution in [1.82, 2.24) is 0 Å². The van der Waals surface area contributed by atoms with Crippen molar-refractivity contribution >= 4 is 11.8 Å². The highest BCUT2D eigenvalue weighted by atomic mass is 16.5. The Morgan fingerprint density at radius 1 is 0.759 bits per heavy atom. The van der Waals surface area contributed by atoms with Crippen LogP contribution < -0.4 is 0 Å². The predicted octanol–water partition coefficient (Wildman–Crippen LogP) is 7.45. The molecule has 0 saturated carbocycles. The van der Waals surface area contributed by atoms with Crippen LogP contribution in [0, 0.1) is 0 Å². The van der Waals surface area contributed by atoms with Crippen molar-refractivity contribution in [3.05, 3.63) is 48.0 Å². The molecule has 0 heterocycles. The van der Waals surface area contributed by atoms with E-state index in [1.165, 1.54) is 64.2 Å². The second-order valence-electron chi connectivity index (χ2n) is 7.78. The van der Waals surface area contributed by atoms with Gasteiger partial charge in [0.1, 0.15) is 0 Å². The second-order valence-corrected chi connectivity index (χ2v) is 7.78. The Labute approximate surface area is 177 Å². The summed E-state index contributed by atoms with van der Waals surface area (Å²) >= 11 is 0. The minimum Gasteiger partial charge on any atom is -0.457 e. The zero-order valence-corrected chi connectivity index (χ0v) is 18.4. The quantitative estimate of drug-likeness (QED) is 0.111. The molecule has 29 heavy (non-hydrogen) atoms. The standard InChI is InChI=1S/C26H40O3/c1-2-3-4-5-6-7-8-9-10-11-12-13-14-15-19-22-26(28)29-23-25(27)24-20-17-16-18-21-24/h13-14,16-18,20-21H,2-12,15,19,22-23H2,1H3. The molecule has 3 nitrogen and oxygen atoms in total. The number of carbonyl (C=O) groups excluding carboxylic acids is 2. The summed E-state index contributed by atoms with van der Waals surface area (Å²) in [6.07, 6.45) is 21.2. The van der Waals surface area contributed by atoms with Crippen LogP contribution in [-0.4, -0.2) is 18.4 Å². The molecule has 3 heteroatoms. The lowest BCUT2D eigenvalue weighted by atomic mass is 10.1. The zero-order valence-electron chi connectivity index (χ0n) is 18.4. The molecular formula is C26H40O3. The molecule has 1 aromatic rings. The predicted molar refractivity (Wildman–Crippen MR) is 121 cm³/mol. The van der Waals surface area contributed by atoms with Gasteiger partial charge in [-0.1, -0.05) is 107 Å². The number of carbonyl (C=O) groups is 2. The highest BCUT2D eigenvalue weighted by Gasteiger charge is 2.08. The highest BCUT2D eigenvalue weighted by Crippen LogP contribution is 2.11. The van der Waals surface area contributed by atoms with Crippen molar-refractivity contribution in [2.75, 3.05) is 6.61 Å². The smallest absolute Gasteiger partial charge is 0.306 e. The molecule has 0 N–H and O–H groups in total. The van der Waals surface area contributed by atoms with Crippen LogP contribution in [0.2, 0.25) is 0 Å². The van der Waals surface area contributed by atoms with Crippen molar-refractivity contribution in [3.8, 4) is 0 Å². The first-order chi connectivity index (χ1) is 14.2. The van der Waals surface area contributed by atoms with E-state index in [-0.39, 0.29) is 18.4 Å². The molecule has 0 aliphatic carbocycles. The van der Waals surface area contributed by atoms with Gasteiger partial charge in [0.05, 0.1) is 0 Å². The molecule has 0 atom stereocenters. The van der Waals surface area contributed by atoms with Gasteiger partial charge in [-0.2, -0.15) is 0 Å². The van der Waals surface area contributed by atoms with Gasteiger partial charge in [-0.05, 0) is 25.7 Å². The van der Waals surface area contributed by atoms with E-state index >= 15 is 0 Å². The van der Waals surface area contributed by atoms with Gasteiger partial charge in [0, 0.05) is 12.0 Å². The van der Waals surface area contributed by atoms with Gasteiger partial charge in [-0.15, -0.1) is 0 Å². The van der Waals surface area contributed by atoms with Crippen molar-refractivity contribution in [2.45, 2.75) is 96.8 Å². The van der Waals surface area contributed by atoms with Gasteiger partial charge in [0.2, 0.25) is 0 Å². The third kappa shape index (κ3) is 14.7. The molecule has 0 saturated heterocycles. The van der Waals surface area contributed by atoms with E-state index < -0.39 is 0 Å². The maximum absolute atomic E-state index is 11.9. The van der Waals surface area contributed by atoms with Gasteiger partial charge in [-0.3, -0.25) is 9.59 Å².